The fourth-order valence-corrected chi connectivity index (χ4v) is 5.82. The van der Waals surface area contributed by atoms with Crippen LogP contribution in [-0.2, 0) is 49.7 Å². The maximum atomic E-state index is 14.6. The second kappa shape index (κ2) is 17.6. The zero-order valence-corrected chi connectivity index (χ0v) is 28.5. The molecule has 0 fully saturated rings. The topological polar surface area (TPSA) is 135 Å². The summed E-state index contributed by atoms with van der Waals surface area (Å²) >= 11 is 0. The molecule has 0 saturated heterocycles. The summed E-state index contributed by atoms with van der Waals surface area (Å²) in [6.07, 6.45) is 1.54. The highest BCUT2D eigenvalue weighted by Crippen LogP contribution is 2.22. The highest BCUT2D eigenvalue weighted by molar-refractivity contribution is 6.02. The Morgan fingerprint density at radius 3 is 1.96 bits per heavy atom. The minimum absolute atomic E-state index is 0.0291. The SMILES string of the molecule is C=CC[C@](Cc1ccccc1)(NC(=O)[C@H](C)NC(=O)OCc1ccccc1)C(=O)N[C@@H](Cc1ccccc1)C1=N[C@@H](Cc2ccccc2)C(=O)O1. The van der Waals surface area contributed by atoms with E-state index in [4.69, 9.17) is 9.47 Å². The van der Waals surface area contributed by atoms with Crippen molar-refractivity contribution in [1.82, 2.24) is 16.0 Å². The smallest absolute Gasteiger partial charge is 0.408 e. The van der Waals surface area contributed by atoms with Gasteiger partial charge in [0.1, 0.15) is 24.2 Å². The lowest BCUT2D eigenvalue weighted by Crippen LogP contribution is -2.64. The third kappa shape index (κ3) is 10.2. The van der Waals surface area contributed by atoms with Crippen molar-refractivity contribution in [2.45, 2.75) is 62.9 Å². The number of cyclic esters (lactones) is 1. The van der Waals surface area contributed by atoms with Crippen molar-refractivity contribution in [3.8, 4) is 0 Å². The summed E-state index contributed by atoms with van der Waals surface area (Å²) in [6, 6.07) is 34.7. The van der Waals surface area contributed by atoms with Crippen molar-refractivity contribution in [3.63, 3.8) is 0 Å². The average Bonchev–Trinajstić information content (AvgIpc) is 3.51. The molecule has 0 aliphatic carbocycles. The number of nitrogens with zero attached hydrogens (tertiary/aromatic N) is 1. The molecule has 10 heteroatoms. The lowest BCUT2D eigenvalue weighted by atomic mass is 9.85. The summed E-state index contributed by atoms with van der Waals surface area (Å²) in [5.74, 6) is -1.56. The van der Waals surface area contributed by atoms with Crippen LogP contribution in [0.3, 0.4) is 0 Å². The van der Waals surface area contributed by atoms with E-state index in [1.807, 2.05) is 121 Å². The first-order chi connectivity index (χ1) is 24.7. The molecule has 0 bridgehead atoms. The Balaban J connectivity index is 1.39. The Morgan fingerprint density at radius 2 is 1.37 bits per heavy atom. The van der Waals surface area contributed by atoms with Crippen LogP contribution in [0.25, 0.3) is 0 Å². The van der Waals surface area contributed by atoms with E-state index in [0.29, 0.717) is 6.42 Å². The number of aliphatic imine (C=N–C) groups is 1. The normalized spacial score (nSPS) is 16.0. The molecule has 51 heavy (non-hydrogen) atoms. The number of nitrogens with one attached hydrogen (secondary N) is 3. The van der Waals surface area contributed by atoms with Crippen molar-refractivity contribution in [3.05, 3.63) is 156 Å². The van der Waals surface area contributed by atoms with Gasteiger partial charge >= 0.3 is 12.1 Å². The van der Waals surface area contributed by atoms with E-state index in [1.54, 1.807) is 6.08 Å². The van der Waals surface area contributed by atoms with Gasteiger partial charge in [-0.2, -0.15) is 0 Å². The van der Waals surface area contributed by atoms with E-state index < -0.39 is 47.5 Å². The summed E-state index contributed by atoms with van der Waals surface area (Å²) in [4.78, 5) is 58.7. The molecule has 0 spiro atoms. The zero-order valence-electron chi connectivity index (χ0n) is 28.5. The molecule has 5 rings (SSSR count). The lowest BCUT2D eigenvalue weighted by Gasteiger charge is -2.35. The predicted octanol–water partition coefficient (Wildman–Crippen LogP) is 5.27. The van der Waals surface area contributed by atoms with Gasteiger partial charge in [0.25, 0.3) is 0 Å². The van der Waals surface area contributed by atoms with Gasteiger partial charge in [-0.1, -0.05) is 127 Å². The van der Waals surface area contributed by atoms with E-state index in [-0.39, 0.29) is 31.8 Å². The molecule has 4 aromatic rings. The molecule has 0 saturated carbocycles. The number of carbonyl (C=O) groups excluding carboxylic acids is 4. The van der Waals surface area contributed by atoms with Crippen molar-refractivity contribution >= 4 is 29.8 Å². The quantitative estimate of drug-likeness (QED) is 0.109. The van der Waals surface area contributed by atoms with Crippen LogP contribution in [0.2, 0.25) is 0 Å². The van der Waals surface area contributed by atoms with Crippen molar-refractivity contribution in [1.29, 1.82) is 0 Å². The van der Waals surface area contributed by atoms with Crippen molar-refractivity contribution < 1.29 is 28.7 Å². The standard InChI is InChI=1S/C41H42N4O6/c1-3-24-41(27-32-20-12-6-13-21-32,45-36(46)29(2)42-40(49)50-28-33-22-14-7-15-23-33)39(48)44-34(25-30-16-8-4-9-17-30)37-43-35(38(47)51-37)26-31-18-10-5-11-19-31/h3-23,29,34-35H,1,24-28H2,2H3,(H,42,49)(H,44,48)(H,45,46)/t29-,34-,35-,41+/m0/s1. The zero-order chi connectivity index (χ0) is 36.1. The number of amides is 3. The van der Waals surface area contributed by atoms with E-state index in [9.17, 15) is 19.2 Å². The molecule has 0 radical (unpaired) electrons. The molecule has 1 heterocycles. The van der Waals surface area contributed by atoms with Gasteiger partial charge in [0, 0.05) is 19.3 Å². The van der Waals surface area contributed by atoms with E-state index >= 15 is 0 Å². The van der Waals surface area contributed by atoms with Gasteiger partial charge in [-0.15, -0.1) is 6.58 Å². The van der Waals surface area contributed by atoms with Gasteiger partial charge < -0.3 is 25.4 Å². The number of esters is 1. The fraction of sp³-hybridized carbons (Fsp3) is 0.244. The van der Waals surface area contributed by atoms with Gasteiger partial charge in [-0.3, -0.25) is 9.59 Å². The second-order valence-corrected chi connectivity index (χ2v) is 12.5. The Bertz CT molecular complexity index is 1820. The first kappa shape index (κ1) is 36.3. The van der Waals surface area contributed by atoms with E-state index in [0.717, 1.165) is 22.3 Å². The number of ether oxygens (including phenoxy) is 2. The number of hydrogen-bond donors (Lipinski definition) is 3. The molecule has 3 amide bonds. The highest BCUT2D eigenvalue weighted by atomic mass is 16.6. The lowest BCUT2D eigenvalue weighted by molar-refractivity contribution is -0.136. The van der Waals surface area contributed by atoms with Crippen molar-refractivity contribution in [2.75, 3.05) is 0 Å². The van der Waals surface area contributed by atoms with Gasteiger partial charge in [-0.25, -0.2) is 14.6 Å². The van der Waals surface area contributed by atoms with Crippen LogP contribution in [0.1, 0.15) is 35.6 Å². The van der Waals surface area contributed by atoms with Crippen LogP contribution in [0.4, 0.5) is 4.79 Å². The Labute approximate surface area is 298 Å². The summed E-state index contributed by atoms with van der Waals surface area (Å²) < 4.78 is 11.0. The summed E-state index contributed by atoms with van der Waals surface area (Å²) in [5.41, 5.74) is 1.83. The Kier molecular flexibility index (Phi) is 12.5. The minimum Gasteiger partial charge on any atom is -0.445 e. The summed E-state index contributed by atoms with van der Waals surface area (Å²) in [5, 5.41) is 8.55. The van der Waals surface area contributed by atoms with Crippen LogP contribution in [0.15, 0.2) is 139 Å². The summed E-state index contributed by atoms with van der Waals surface area (Å²) in [7, 11) is 0. The van der Waals surface area contributed by atoms with E-state index in [2.05, 4.69) is 27.5 Å². The molecule has 1 aliphatic heterocycles. The molecule has 4 atom stereocenters. The van der Waals surface area contributed by atoms with Crippen LogP contribution >= 0.6 is 0 Å². The minimum atomic E-state index is -1.55. The number of alkyl carbamates (subject to hydrolysis) is 1. The summed E-state index contributed by atoms with van der Waals surface area (Å²) in [6.45, 7) is 5.43. The Hall–Kier alpha value is -6.03. The third-order valence-corrected chi connectivity index (χ3v) is 8.50. The maximum absolute atomic E-state index is 14.6. The molecule has 3 N–H and O–H groups in total. The first-order valence-corrected chi connectivity index (χ1v) is 16.9. The van der Waals surface area contributed by atoms with Gasteiger partial charge in [0.05, 0.1) is 0 Å². The molecule has 4 aromatic carbocycles. The van der Waals surface area contributed by atoms with Crippen LogP contribution in [0, 0.1) is 0 Å². The average molecular weight is 687 g/mol. The largest absolute Gasteiger partial charge is 0.445 e. The number of benzene rings is 4. The van der Waals surface area contributed by atoms with Crippen LogP contribution in [-0.4, -0.2) is 53.4 Å². The number of carbonyl (C=O) groups is 4. The van der Waals surface area contributed by atoms with E-state index in [1.165, 1.54) is 6.92 Å². The molecule has 0 unspecified atom stereocenters. The predicted molar refractivity (Wildman–Crippen MR) is 195 cm³/mol. The number of rotatable bonds is 16. The van der Waals surface area contributed by atoms with Crippen LogP contribution < -0.4 is 16.0 Å². The first-order valence-electron chi connectivity index (χ1n) is 16.9. The molecule has 10 nitrogen and oxygen atoms in total. The monoisotopic (exact) mass is 686 g/mol. The molecule has 0 aromatic heterocycles. The number of hydrogen-bond acceptors (Lipinski definition) is 7. The molecular formula is C41H42N4O6. The Morgan fingerprint density at radius 1 is 0.824 bits per heavy atom. The fourth-order valence-electron chi connectivity index (χ4n) is 5.82. The third-order valence-electron chi connectivity index (χ3n) is 8.50. The van der Waals surface area contributed by atoms with Gasteiger partial charge in [-0.05, 0) is 35.6 Å². The van der Waals surface area contributed by atoms with Crippen LogP contribution in [0.5, 0.6) is 0 Å². The second-order valence-electron chi connectivity index (χ2n) is 12.5. The highest BCUT2D eigenvalue weighted by Gasteiger charge is 2.43. The van der Waals surface area contributed by atoms with Gasteiger partial charge in [0.15, 0.2) is 6.04 Å². The molecule has 1 aliphatic rings. The molecular weight excluding hydrogens is 644 g/mol. The maximum Gasteiger partial charge on any atom is 0.408 e. The van der Waals surface area contributed by atoms with Gasteiger partial charge in [0.2, 0.25) is 17.7 Å². The molecule has 262 valence electrons. The van der Waals surface area contributed by atoms with Crippen molar-refractivity contribution in [2.24, 2.45) is 4.99 Å².